The minimum atomic E-state index is 0.0984. The molecule has 0 radical (unpaired) electrons. The number of nitrogens with one attached hydrogen (secondary N) is 1. The van der Waals surface area contributed by atoms with E-state index >= 15 is 0 Å². The van der Waals surface area contributed by atoms with Crippen molar-refractivity contribution in [2.75, 3.05) is 0 Å². The molecular weight excluding hydrogens is 208 g/mol. The van der Waals surface area contributed by atoms with Crippen molar-refractivity contribution >= 4 is 11.0 Å². The van der Waals surface area contributed by atoms with E-state index in [0.29, 0.717) is 0 Å². The van der Waals surface area contributed by atoms with Crippen molar-refractivity contribution in [3.63, 3.8) is 0 Å². The Balaban J connectivity index is 2.56. The fourth-order valence-electron chi connectivity index (χ4n) is 1.83. The molecule has 0 aliphatic rings. The van der Waals surface area contributed by atoms with Gasteiger partial charge in [-0.05, 0) is 18.2 Å². The van der Waals surface area contributed by atoms with Crippen LogP contribution < -0.4 is 0 Å². The molecule has 0 spiro atoms. The summed E-state index contributed by atoms with van der Waals surface area (Å²) in [7, 11) is 0. The Hall–Kier alpha value is -1.31. The first-order valence-corrected chi connectivity index (χ1v) is 6.19. The van der Waals surface area contributed by atoms with Gasteiger partial charge in [0.1, 0.15) is 5.65 Å². The molecule has 2 aromatic rings. The number of hydrogen-bond acceptors (Lipinski definition) is 1. The van der Waals surface area contributed by atoms with Crippen LogP contribution in [0.4, 0.5) is 0 Å². The van der Waals surface area contributed by atoms with Crippen molar-refractivity contribution in [3.8, 4) is 0 Å². The molecule has 2 heteroatoms. The zero-order valence-corrected chi connectivity index (χ0v) is 11.7. The van der Waals surface area contributed by atoms with Crippen LogP contribution in [0.15, 0.2) is 18.2 Å². The molecule has 2 nitrogen and oxygen atoms in total. The average molecular weight is 230 g/mol. The molecule has 0 atom stereocenters. The summed E-state index contributed by atoms with van der Waals surface area (Å²) in [4.78, 5) is 8.16. The summed E-state index contributed by atoms with van der Waals surface area (Å²) in [5.41, 5.74) is 3.62. The molecule has 0 aliphatic heterocycles. The number of aromatic amines is 1. The zero-order valence-electron chi connectivity index (χ0n) is 11.7. The van der Waals surface area contributed by atoms with Crippen LogP contribution in [0.1, 0.15) is 52.9 Å². The van der Waals surface area contributed by atoms with Crippen LogP contribution in [0.2, 0.25) is 0 Å². The quantitative estimate of drug-likeness (QED) is 0.723. The minimum absolute atomic E-state index is 0.0984. The van der Waals surface area contributed by atoms with E-state index in [2.05, 4.69) is 64.7 Å². The van der Waals surface area contributed by atoms with Crippen molar-refractivity contribution in [1.82, 2.24) is 9.97 Å². The maximum atomic E-state index is 4.73. The molecule has 0 saturated heterocycles. The van der Waals surface area contributed by atoms with Crippen molar-refractivity contribution in [2.45, 2.75) is 52.4 Å². The second kappa shape index (κ2) is 3.59. The van der Waals surface area contributed by atoms with Gasteiger partial charge in [0.05, 0.1) is 0 Å². The van der Waals surface area contributed by atoms with Gasteiger partial charge in [0.2, 0.25) is 0 Å². The Kier molecular flexibility index (Phi) is 2.57. The Bertz CT molecular complexity index is 524. The lowest BCUT2D eigenvalue weighted by Crippen LogP contribution is -2.13. The molecule has 17 heavy (non-hydrogen) atoms. The Morgan fingerprint density at radius 3 is 2.12 bits per heavy atom. The van der Waals surface area contributed by atoms with Crippen LogP contribution in [-0.4, -0.2) is 9.97 Å². The fourth-order valence-corrected chi connectivity index (χ4v) is 1.83. The van der Waals surface area contributed by atoms with Gasteiger partial charge in [0, 0.05) is 27.6 Å². The molecule has 92 valence electrons. The molecule has 0 bridgehead atoms. The van der Waals surface area contributed by atoms with Crippen LogP contribution in [0.3, 0.4) is 0 Å². The highest BCUT2D eigenvalue weighted by Crippen LogP contribution is 2.27. The van der Waals surface area contributed by atoms with Crippen LogP contribution >= 0.6 is 0 Å². The van der Waals surface area contributed by atoms with E-state index < -0.39 is 0 Å². The molecule has 2 rings (SSSR count). The second-order valence-electron chi connectivity index (χ2n) is 6.82. The van der Waals surface area contributed by atoms with E-state index in [1.54, 1.807) is 0 Å². The van der Waals surface area contributed by atoms with E-state index in [1.807, 2.05) is 0 Å². The Labute approximate surface area is 103 Å². The molecule has 0 amide bonds. The maximum Gasteiger partial charge on any atom is 0.137 e. The third kappa shape index (κ3) is 2.36. The summed E-state index contributed by atoms with van der Waals surface area (Å²) < 4.78 is 0. The number of aromatic nitrogens is 2. The van der Waals surface area contributed by atoms with Crippen molar-refractivity contribution in [2.24, 2.45) is 0 Å². The van der Waals surface area contributed by atoms with Crippen LogP contribution in [-0.2, 0) is 10.8 Å². The third-order valence-corrected chi connectivity index (χ3v) is 3.06. The van der Waals surface area contributed by atoms with Gasteiger partial charge in [-0.1, -0.05) is 41.5 Å². The summed E-state index contributed by atoms with van der Waals surface area (Å²) in [6.07, 6.45) is 0. The molecule has 1 N–H and O–H groups in total. The van der Waals surface area contributed by atoms with Crippen LogP contribution in [0, 0.1) is 0 Å². The van der Waals surface area contributed by atoms with Gasteiger partial charge in [0.25, 0.3) is 0 Å². The largest absolute Gasteiger partial charge is 0.343 e. The molecule has 0 unspecified atom stereocenters. The first-order valence-electron chi connectivity index (χ1n) is 6.19. The SMILES string of the molecule is CC(C)(C)c1ccc2cc(C(C)(C)C)[nH]c2n1. The lowest BCUT2D eigenvalue weighted by molar-refractivity contribution is 0.568. The highest BCUT2D eigenvalue weighted by atomic mass is 14.9. The van der Waals surface area contributed by atoms with Crippen molar-refractivity contribution < 1.29 is 0 Å². The van der Waals surface area contributed by atoms with Gasteiger partial charge in [-0.2, -0.15) is 0 Å². The molecule has 0 saturated carbocycles. The number of fused-ring (bicyclic) bond motifs is 1. The molecule has 2 heterocycles. The number of rotatable bonds is 0. The summed E-state index contributed by atoms with van der Waals surface area (Å²) in [5, 5.41) is 1.20. The molecule has 2 aromatic heterocycles. The Morgan fingerprint density at radius 1 is 0.941 bits per heavy atom. The van der Waals surface area contributed by atoms with Gasteiger partial charge in [-0.15, -0.1) is 0 Å². The monoisotopic (exact) mass is 230 g/mol. The van der Waals surface area contributed by atoms with Crippen molar-refractivity contribution in [3.05, 3.63) is 29.6 Å². The topological polar surface area (TPSA) is 28.7 Å². The predicted molar refractivity (Wildman–Crippen MR) is 73.5 cm³/mol. The highest BCUT2D eigenvalue weighted by Gasteiger charge is 2.19. The summed E-state index contributed by atoms with van der Waals surface area (Å²) >= 11 is 0. The number of pyridine rings is 1. The van der Waals surface area contributed by atoms with Gasteiger partial charge in [0.15, 0.2) is 0 Å². The van der Waals surface area contributed by atoms with Gasteiger partial charge in [-0.3, -0.25) is 0 Å². The second-order valence-corrected chi connectivity index (χ2v) is 6.82. The van der Waals surface area contributed by atoms with Crippen LogP contribution in [0.5, 0.6) is 0 Å². The van der Waals surface area contributed by atoms with E-state index in [4.69, 9.17) is 4.98 Å². The van der Waals surface area contributed by atoms with Crippen LogP contribution in [0.25, 0.3) is 11.0 Å². The molecule has 0 aliphatic carbocycles. The standard InChI is InChI=1S/C15H22N2/c1-14(2,3)11-8-7-10-9-12(15(4,5)6)17-13(10)16-11/h7-9H,1-6H3,(H,16,17). The molecule has 0 aromatic carbocycles. The molecule has 0 fully saturated rings. The average Bonchev–Trinajstić information content (AvgIpc) is 2.57. The number of nitrogens with zero attached hydrogens (tertiary/aromatic N) is 1. The normalized spacial score (nSPS) is 13.3. The van der Waals surface area contributed by atoms with Gasteiger partial charge >= 0.3 is 0 Å². The van der Waals surface area contributed by atoms with Gasteiger partial charge in [-0.25, -0.2) is 4.98 Å². The van der Waals surface area contributed by atoms with E-state index in [1.165, 1.54) is 11.1 Å². The fraction of sp³-hybridized carbons (Fsp3) is 0.533. The smallest absolute Gasteiger partial charge is 0.137 e. The number of H-pyrrole nitrogens is 1. The van der Waals surface area contributed by atoms with Gasteiger partial charge < -0.3 is 4.98 Å². The number of hydrogen-bond donors (Lipinski definition) is 1. The lowest BCUT2D eigenvalue weighted by Gasteiger charge is -2.17. The minimum Gasteiger partial charge on any atom is -0.343 e. The zero-order chi connectivity index (χ0) is 12.8. The summed E-state index contributed by atoms with van der Waals surface area (Å²) in [6.45, 7) is 13.2. The predicted octanol–water partition coefficient (Wildman–Crippen LogP) is 4.16. The van der Waals surface area contributed by atoms with E-state index in [9.17, 15) is 0 Å². The van der Waals surface area contributed by atoms with Crippen molar-refractivity contribution in [1.29, 1.82) is 0 Å². The van der Waals surface area contributed by atoms with E-state index in [-0.39, 0.29) is 10.8 Å². The molecular formula is C15H22N2. The highest BCUT2D eigenvalue weighted by molar-refractivity contribution is 5.77. The summed E-state index contributed by atoms with van der Waals surface area (Å²) in [6, 6.07) is 6.49. The first kappa shape index (κ1) is 12.2. The van der Waals surface area contributed by atoms with E-state index in [0.717, 1.165) is 11.3 Å². The third-order valence-electron chi connectivity index (χ3n) is 3.06. The summed E-state index contributed by atoms with van der Waals surface area (Å²) in [5.74, 6) is 0. The first-order chi connectivity index (χ1) is 7.68. The maximum absolute atomic E-state index is 4.73. The Morgan fingerprint density at radius 2 is 1.59 bits per heavy atom. The lowest BCUT2D eigenvalue weighted by atomic mass is 9.91.